The maximum absolute atomic E-state index is 12.5. The third-order valence-corrected chi connectivity index (χ3v) is 4.34. The van der Waals surface area contributed by atoms with Crippen molar-refractivity contribution in [2.75, 3.05) is 31.5 Å². The van der Waals surface area contributed by atoms with Gasteiger partial charge in [0.2, 0.25) is 6.41 Å². The van der Waals surface area contributed by atoms with Crippen molar-refractivity contribution in [3.8, 4) is 0 Å². The van der Waals surface area contributed by atoms with Crippen LogP contribution in [0.5, 0.6) is 0 Å². The van der Waals surface area contributed by atoms with Crippen LogP contribution in [0.3, 0.4) is 0 Å². The first-order valence-electron chi connectivity index (χ1n) is 7.83. The molecule has 22 heavy (non-hydrogen) atoms. The second-order valence-electron chi connectivity index (χ2n) is 5.85. The summed E-state index contributed by atoms with van der Waals surface area (Å²) in [7, 11) is 0. The molecule has 7 heteroatoms. The van der Waals surface area contributed by atoms with Crippen molar-refractivity contribution in [3.05, 3.63) is 18.1 Å². The van der Waals surface area contributed by atoms with Crippen LogP contribution >= 0.6 is 0 Å². The number of carbonyl (C=O) groups excluding carboxylic acids is 2. The molecule has 0 aromatic carbocycles. The average Bonchev–Trinajstić information content (AvgIpc) is 3.07. The summed E-state index contributed by atoms with van der Waals surface area (Å²) in [6, 6.07) is 2.18. The Morgan fingerprint density at radius 2 is 1.91 bits per heavy atom. The van der Waals surface area contributed by atoms with Gasteiger partial charge < -0.3 is 15.1 Å². The molecule has 0 radical (unpaired) electrons. The molecule has 0 spiro atoms. The summed E-state index contributed by atoms with van der Waals surface area (Å²) in [4.78, 5) is 34.9. The zero-order chi connectivity index (χ0) is 15.4. The molecule has 1 aromatic rings. The molecule has 0 unspecified atom stereocenters. The largest absolute Gasteiger partial charge is 0.367 e. The van der Waals surface area contributed by atoms with Crippen molar-refractivity contribution in [1.82, 2.24) is 19.8 Å². The van der Waals surface area contributed by atoms with Gasteiger partial charge in [0.15, 0.2) is 0 Å². The Morgan fingerprint density at radius 3 is 2.59 bits per heavy atom. The highest BCUT2D eigenvalue weighted by Gasteiger charge is 2.23. The van der Waals surface area contributed by atoms with Crippen LogP contribution in [0.2, 0.25) is 0 Å². The highest BCUT2D eigenvalue weighted by Crippen LogP contribution is 2.21. The lowest BCUT2D eigenvalue weighted by Crippen LogP contribution is -2.48. The number of rotatable bonds is 4. The number of nitrogens with zero attached hydrogens (tertiary/aromatic N) is 4. The quantitative estimate of drug-likeness (QED) is 0.830. The van der Waals surface area contributed by atoms with Crippen molar-refractivity contribution >= 4 is 18.1 Å². The third kappa shape index (κ3) is 3.35. The highest BCUT2D eigenvalue weighted by molar-refractivity contribution is 5.93. The van der Waals surface area contributed by atoms with E-state index in [0.717, 1.165) is 25.1 Å². The highest BCUT2D eigenvalue weighted by atomic mass is 16.2. The molecule has 1 saturated carbocycles. The van der Waals surface area contributed by atoms with Gasteiger partial charge >= 0.3 is 0 Å². The SMILES string of the molecule is O=CN1CCN(C(=O)c2cc(NC3CCCC3)ncn2)CC1. The van der Waals surface area contributed by atoms with Gasteiger partial charge in [-0.05, 0) is 12.8 Å². The number of anilines is 1. The Kier molecular flexibility index (Phi) is 4.50. The molecule has 2 aliphatic rings. The minimum absolute atomic E-state index is 0.0950. The summed E-state index contributed by atoms with van der Waals surface area (Å²) >= 11 is 0. The van der Waals surface area contributed by atoms with E-state index in [9.17, 15) is 9.59 Å². The van der Waals surface area contributed by atoms with Crippen molar-refractivity contribution in [2.24, 2.45) is 0 Å². The van der Waals surface area contributed by atoms with Gasteiger partial charge in [0, 0.05) is 38.3 Å². The second-order valence-corrected chi connectivity index (χ2v) is 5.85. The van der Waals surface area contributed by atoms with E-state index in [4.69, 9.17) is 0 Å². The summed E-state index contributed by atoms with van der Waals surface area (Å²) in [6.07, 6.45) is 7.06. The van der Waals surface area contributed by atoms with E-state index in [-0.39, 0.29) is 5.91 Å². The summed E-state index contributed by atoms with van der Waals surface area (Å²) in [5.74, 6) is 0.624. The summed E-state index contributed by atoms with van der Waals surface area (Å²) in [5.41, 5.74) is 0.412. The normalized spacial score (nSPS) is 19.3. The Bertz CT molecular complexity index is 536. The van der Waals surface area contributed by atoms with Gasteiger partial charge in [0.1, 0.15) is 17.8 Å². The van der Waals surface area contributed by atoms with E-state index in [1.54, 1.807) is 15.9 Å². The first-order chi connectivity index (χ1) is 10.8. The van der Waals surface area contributed by atoms with E-state index in [2.05, 4.69) is 15.3 Å². The molecule has 2 amide bonds. The summed E-state index contributed by atoms with van der Waals surface area (Å²) in [5, 5.41) is 3.38. The van der Waals surface area contributed by atoms with E-state index < -0.39 is 0 Å². The molecule has 3 rings (SSSR count). The number of piperazine rings is 1. The molecule has 0 atom stereocenters. The molecule has 1 aliphatic carbocycles. The fourth-order valence-corrected chi connectivity index (χ4v) is 3.02. The van der Waals surface area contributed by atoms with Gasteiger partial charge in [0.05, 0.1) is 0 Å². The Balaban J connectivity index is 1.63. The monoisotopic (exact) mass is 303 g/mol. The Labute approximate surface area is 129 Å². The molecule has 2 fully saturated rings. The average molecular weight is 303 g/mol. The van der Waals surface area contributed by atoms with Crippen LogP contribution < -0.4 is 5.32 Å². The molecule has 2 heterocycles. The van der Waals surface area contributed by atoms with Crippen molar-refractivity contribution in [3.63, 3.8) is 0 Å². The van der Waals surface area contributed by atoms with Gasteiger partial charge in [-0.25, -0.2) is 9.97 Å². The van der Waals surface area contributed by atoms with Gasteiger partial charge in [-0.3, -0.25) is 9.59 Å². The lowest BCUT2D eigenvalue weighted by molar-refractivity contribution is -0.119. The van der Waals surface area contributed by atoms with Crippen LogP contribution in [0, 0.1) is 0 Å². The predicted octanol–water partition coefficient (Wildman–Crippen LogP) is 0.745. The van der Waals surface area contributed by atoms with Gasteiger partial charge in [-0.1, -0.05) is 12.8 Å². The number of amides is 2. The Hall–Kier alpha value is -2.18. The molecule has 118 valence electrons. The maximum Gasteiger partial charge on any atom is 0.272 e. The number of hydrogen-bond acceptors (Lipinski definition) is 5. The van der Waals surface area contributed by atoms with E-state index in [1.807, 2.05) is 0 Å². The minimum atomic E-state index is -0.0950. The van der Waals surface area contributed by atoms with Crippen LogP contribution in [-0.2, 0) is 4.79 Å². The fourth-order valence-electron chi connectivity index (χ4n) is 3.02. The van der Waals surface area contributed by atoms with Crippen molar-refractivity contribution < 1.29 is 9.59 Å². The van der Waals surface area contributed by atoms with Gasteiger partial charge in [-0.2, -0.15) is 0 Å². The molecule has 1 saturated heterocycles. The lowest BCUT2D eigenvalue weighted by Gasteiger charge is -2.32. The van der Waals surface area contributed by atoms with E-state index in [1.165, 1.54) is 19.2 Å². The fraction of sp³-hybridized carbons (Fsp3) is 0.600. The smallest absolute Gasteiger partial charge is 0.272 e. The van der Waals surface area contributed by atoms with Crippen LogP contribution in [0.4, 0.5) is 5.82 Å². The number of carbonyl (C=O) groups is 2. The number of hydrogen-bond donors (Lipinski definition) is 1. The maximum atomic E-state index is 12.5. The molecule has 7 nitrogen and oxygen atoms in total. The Morgan fingerprint density at radius 1 is 1.18 bits per heavy atom. The predicted molar refractivity (Wildman–Crippen MR) is 81.5 cm³/mol. The molecule has 1 aromatic heterocycles. The number of nitrogens with one attached hydrogen (secondary N) is 1. The number of aromatic nitrogens is 2. The van der Waals surface area contributed by atoms with Crippen LogP contribution in [-0.4, -0.2) is 64.3 Å². The minimum Gasteiger partial charge on any atom is -0.367 e. The molecular formula is C15H21N5O2. The standard InChI is InChI=1S/C15H21N5O2/c21-11-19-5-7-20(8-6-19)15(22)13-9-14(17-10-16-13)18-12-3-1-2-4-12/h9-12H,1-8H2,(H,16,17,18). The zero-order valence-corrected chi connectivity index (χ0v) is 12.6. The molecular weight excluding hydrogens is 282 g/mol. The van der Waals surface area contributed by atoms with Crippen molar-refractivity contribution in [2.45, 2.75) is 31.7 Å². The summed E-state index contributed by atoms with van der Waals surface area (Å²) in [6.45, 7) is 2.25. The van der Waals surface area contributed by atoms with Crippen LogP contribution in [0.25, 0.3) is 0 Å². The second kappa shape index (κ2) is 6.72. The van der Waals surface area contributed by atoms with Crippen molar-refractivity contribution in [1.29, 1.82) is 0 Å². The molecule has 0 bridgehead atoms. The van der Waals surface area contributed by atoms with E-state index >= 15 is 0 Å². The molecule has 1 aliphatic heterocycles. The van der Waals surface area contributed by atoms with Gasteiger partial charge in [0.25, 0.3) is 5.91 Å². The van der Waals surface area contributed by atoms with Gasteiger partial charge in [-0.15, -0.1) is 0 Å². The summed E-state index contributed by atoms with van der Waals surface area (Å²) < 4.78 is 0. The van der Waals surface area contributed by atoms with Crippen LogP contribution in [0.15, 0.2) is 12.4 Å². The zero-order valence-electron chi connectivity index (χ0n) is 12.6. The van der Waals surface area contributed by atoms with Crippen LogP contribution in [0.1, 0.15) is 36.2 Å². The third-order valence-electron chi connectivity index (χ3n) is 4.34. The topological polar surface area (TPSA) is 78.4 Å². The molecule has 1 N–H and O–H groups in total. The first-order valence-corrected chi connectivity index (χ1v) is 7.83. The first kappa shape index (κ1) is 14.7. The van der Waals surface area contributed by atoms with E-state index in [0.29, 0.717) is 37.9 Å². The lowest BCUT2D eigenvalue weighted by atomic mass is 10.2.